The van der Waals surface area contributed by atoms with Crippen molar-refractivity contribution in [3.8, 4) is 0 Å². The number of hydrogen-bond donors (Lipinski definition) is 2. The molecule has 26 heavy (non-hydrogen) atoms. The Morgan fingerprint density at radius 3 is 2.62 bits per heavy atom. The third kappa shape index (κ3) is 4.71. The summed E-state index contributed by atoms with van der Waals surface area (Å²) >= 11 is 0. The van der Waals surface area contributed by atoms with E-state index in [1.54, 1.807) is 7.05 Å². The number of esters is 1. The van der Waals surface area contributed by atoms with Gasteiger partial charge in [-0.1, -0.05) is 19.8 Å². The highest BCUT2D eigenvalue weighted by Gasteiger charge is 2.27. The third-order valence-corrected chi connectivity index (χ3v) is 4.79. The number of nitrogens with zero attached hydrogens (tertiary/aromatic N) is 1. The normalized spacial score (nSPS) is 20.7. The van der Waals surface area contributed by atoms with Gasteiger partial charge in [0.2, 0.25) is 0 Å². The number of rotatable bonds is 6. The second-order valence-electron chi connectivity index (χ2n) is 6.66. The van der Waals surface area contributed by atoms with Gasteiger partial charge in [-0.3, -0.25) is 14.9 Å². The fraction of sp³-hybridized carbons (Fsp3) is 0.556. The molecule has 1 aromatic rings. The van der Waals surface area contributed by atoms with Crippen LogP contribution < -0.4 is 10.6 Å². The summed E-state index contributed by atoms with van der Waals surface area (Å²) in [4.78, 5) is 35.0. The molecular formula is C18H25N3O5. The summed E-state index contributed by atoms with van der Waals surface area (Å²) in [5.74, 6) is -0.721. The molecule has 0 radical (unpaired) electrons. The van der Waals surface area contributed by atoms with E-state index in [1.807, 2.05) is 0 Å². The molecular weight excluding hydrogens is 338 g/mol. The number of benzene rings is 1. The van der Waals surface area contributed by atoms with Crippen LogP contribution in [0.5, 0.6) is 0 Å². The van der Waals surface area contributed by atoms with Gasteiger partial charge in [-0.2, -0.15) is 0 Å². The Labute approximate surface area is 152 Å². The average molecular weight is 363 g/mol. The van der Waals surface area contributed by atoms with E-state index in [-0.39, 0.29) is 23.2 Å². The Morgan fingerprint density at radius 1 is 1.31 bits per heavy atom. The summed E-state index contributed by atoms with van der Waals surface area (Å²) in [7, 11) is 1.55. The number of nitrogens with one attached hydrogen (secondary N) is 2. The minimum Gasteiger partial charge on any atom is -0.449 e. The predicted molar refractivity (Wildman–Crippen MR) is 97.1 cm³/mol. The maximum atomic E-state index is 12.3. The lowest BCUT2D eigenvalue weighted by Gasteiger charge is -2.30. The minimum atomic E-state index is -0.973. The highest BCUT2D eigenvalue weighted by atomic mass is 16.6. The van der Waals surface area contributed by atoms with Crippen molar-refractivity contribution in [2.24, 2.45) is 5.92 Å². The molecule has 1 fully saturated rings. The lowest BCUT2D eigenvalue weighted by atomic mass is 9.86. The van der Waals surface area contributed by atoms with E-state index >= 15 is 0 Å². The molecule has 0 heterocycles. The molecule has 1 aromatic carbocycles. The number of nitro groups is 1. The molecule has 1 saturated carbocycles. The van der Waals surface area contributed by atoms with Gasteiger partial charge in [-0.15, -0.1) is 0 Å². The topological polar surface area (TPSA) is 111 Å². The summed E-state index contributed by atoms with van der Waals surface area (Å²) in [5, 5.41) is 16.7. The molecule has 0 spiro atoms. The minimum absolute atomic E-state index is 0.0291. The van der Waals surface area contributed by atoms with Crippen LogP contribution >= 0.6 is 0 Å². The summed E-state index contributed by atoms with van der Waals surface area (Å²) in [6.07, 6.45) is 3.26. The van der Waals surface area contributed by atoms with Crippen LogP contribution in [0.1, 0.15) is 49.9 Å². The zero-order chi connectivity index (χ0) is 19.3. The molecule has 1 aliphatic rings. The maximum Gasteiger partial charge on any atom is 0.339 e. The van der Waals surface area contributed by atoms with Gasteiger partial charge in [0.25, 0.3) is 11.6 Å². The van der Waals surface area contributed by atoms with Gasteiger partial charge >= 0.3 is 5.97 Å². The second kappa shape index (κ2) is 8.64. The van der Waals surface area contributed by atoms with Crippen molar-refractivity contribution in [2.45, 2.75) is 51.7 Å². The first-order valence-electron chi connectivity index (χ1n) is 8.81. The second-order valence-corrected chi connectivity index (χ2v) is 6.66. The Balaban J connectivity index is 2.01. The smallest absolute Gasteiger partial charge is 0.339 e. The third-order valence-electron chi connectivity index (χ3n) is 4.79. The molecule has 0 aromatic heterocycles. The first-order chi connectivity index (χ1) is 12.3. The van der Waals surface area contributed by atoms with Crippen LogP contribution in [-0.4, -0.2) is 36.0 Å². The zero-order valence-electron chi connectivity index (χ0n) is 15.3. The van der Waals surface area contributed by atoms with Crippen molar-refractivity contribution < 1.29 is 19.2 Å². The standard InChI is InChI=1S/C18H25N3O5/c1-11-6-4-5-7-14(11)20-17(22)12(2)26-18(23)13-8-9-15(19-3)16(10-13)21(24)25/h8-12,14,19H,4-7H2,1-3H3,(H,20,22)/t11-,12-,14-/m1/s1. The van der Waals surface area contributed by atoms with Crippen LogP contribution in [0.3, 0.4) is 0 Å². The fourth-order valence-corrected chi connectivity index (χ4v) is 3.13. The Morgan fingerprint density at radius 2 is 2.00 bits per heavy atom. The number of ether oxygens (including phenoxy) is 1. The van der Waals surface area contributed by atoms with Crippen LogP contribution in [0.2, 0.25) is 0 Å². The van der Waals surface area contributed by atoms with Crippen molar-refractivity contribution in [3.05, 3.63) is 33.9 Å². The van der Waals surface area contributed by atoms with E-state index in [9.17, 15) is 19.7 Å². The van der Waals surface area contributed by atoms with Crippen molar-refractivity contribution in [1.29, 1.82) is 0 Å². The van der Waals surface area contributed by atoms with Crippen molar-refractivity contribution in [1.82, 2.24) is 5.32 Å². The number of nitro benzene ring substituents is 1. The molecule has 0 aliphatic heterocycles. The average Bonchev–Trinajstić information content (AvgIpc) is 2.62. The molecule has 142 valence electrons. The molecule has 2 rings (SSSR count). The fourth-order valence-electron chi connectivity index (χ4n) is 3.13. The summed E-state index contributed by atoms with van der Waals surface area (Å²) in [6, 6.07) is 4.09. The number of hydrogen-bond acceptors (Lipinski definition) is 6. The quantitative estimate of drug-likeness (QED) is 0.457. The lowest BCUT2D eigenvalue weighted by Crippen LogP contribution is -2.45. The predicted octanol–water partition coefficient (Wildman–Crippen LogP) is 2.88. The van der Waals surface area contributed by atoms with Gasteiger partial charge < -0.3 is 15.4 Å². The van der Waals surface area contributed by atoms with Crippen LogP contribution in [0, 0.1) is 16.0 Å². The molecule has 1 amide bonds. The van der Waals surface area contributed by atoms with Crippen molar-refractivity contribution in [2.75, 3.05) is 12.4 Å². The van der Waals surface area contributed by atoms with Gasteiger partial charge in [0.1, 0.15) is 5.69 Å². The molecule has 2 N–H and O–H groups in total. The number of amides is 1. The maximum absolute atomic E-state index is 12.3. The number of anilines is 1. The van der Waals surface area contributed by atoms with Crippen LogP contribution in [-0.2, 0) is 9.53 Å². The van der Waals surface area contributed by atoms with Crippen LogP contribution in [0.15, 0.2) is 18.2 Å². The molecule has 0 unspecified atom stereocenters. The summed E-state index contributed by atoms with van der Waals surface area (Å²) < 4.78 is 5.19. The van der Waals surface area contributed by atoms with Gasteiger partial charge in [0.05, 0.1) is 10.5 Å². The summed E-state index contributed by atoms with van der Waals surface area (Å²) in [6.45, 7) is 3.60. The Hall–Kier alpha value is -2.64. The first-order valence-corrected chi connectivity index (χ1v) is 8.81. The van der Waals surface area contributed by atoms with E-state index in [0.29, 0.717) is 11.6 Å². The molecule has 0 saturated heterocycles. The van der Waals surface area contributed by atoms with E-state index in [4.69, 9.17) is 4.74 Å². The van der Waals surface area contributed by atoms with Gasteiger partial charge in [0.15, 0.2) is 6.10 Å². The molecule has 8 nitrogen and oxygen atoms in total. The monoisotopic (exact) mass is 363 g/mol. The largest absolute Gasteiger partial charge is 0.449 e. The first kappa shape index (κ1) is 19.7. The SMILES string of the molecule is CNc1ccc(C(=O)O[C@H](C)C(=O)N[C@@H]2CCCC[C@H]2C)cc1[N+](=O)[O-]. The molecule has 1 aliphatic carbocycles. The van der Waals surface area contributed by atoms with Gasteiger partial charge in [-0.25, -0.2) is 4.79 Å². The lowest BCUT2D eigenvalue weighted by molar-refractivity contribution is -0.384. The molecule has 3 atom stereocenters. The highest BCUT2D eigenvalue weighted by Crippen LogP contribution is 2.26. The number of carbonyl (C=O) groups is 2. The highest BCUT2D eigenvalue weighted by molar-refractivity contribution is 5.93. The Bertz CT molecular complexity index is 691. The number of carbonyl (C=O) groups excluding carboxylic acids is 2. The molecule has 0 bridgehead atoms. The van der Waals surface area contributed by atoms with Gasteiger partial charge in [0, 0.05) is 19.2 Å². The van der Waals surface area contributed by atoms with E-state index in [2.05, 4.69) is 17.6 Å². The van der Waals surface area contributed by atoms with E-state index in [0.717, 1.165) is 25.3 Å². The van der Waals surface area contributed by atoms with Crippen LogP contribution in [0.25, 0.3) is 0 Å². The van der Waals surface area contributed by atoms with Crippen LogP contribution in [0.4, 0.5) is 11.4 Å². The zero-order valence-corrected chi connectivity index (χ0v) is 15.3. The Kier molecular flexibility index (Phi) is 6.54. The van der Waals surface area contributed by atoms with Gasteiger partial charge in [-0.05, 0) is 37.8 Å². The van der Waals surface area contributed by atoms with E-state index in [1.165, 1.54) is 25.5 Å². The summed E-state index contributed by atoms with van der Waals surface area (Å²) in [5.41, 5.74) is 0.0973. The van der Waals surface area contributed by atoms with Crippen molar-refractivity contribution >= 4 is 23.3 Å². The van der Waals surface area contributed by atoms with E-state index < -0.39 is 17.0 Å². The van der Waals surface area contributed by atoms with Crippen molar-refractivity contribution in [3.63, 3.8) is 0 Å². The molecule has 8 heteroatoms.